The molecule has 0 bridgehead atoms. The van der Waals surface area contributed by atoms with Crippen molar-refractivity contribution in [3.8, 4) is 0 Å². The van der Waals surface area contributed by atoms with Gasteiger partial charge in [0.2, 0.25) is 0 Å². The van der Waals surface area contributed by atoms with Gasteiger partial charge in [0.15, 0.2) is 0 Å². The van der Waals surface area contributed by atoms with Crippen molar-refractivity contribution in [2.45, 2.75) is 6.42 Å². The zero-order valence-corrected chi connectivity index (χ0v) is 5.75. The molecule has 0 spiro atoms. The van der Waals surface area contributed by atoms with Crippen LogP contribution in [0, 0.1) is 0 Å². The third-order valence-electron chi connectivity index (χ3n) is 1.69. The average Bonchev–Trinajstić information content (AvgIpc) is 2.59. The van der Waals surface area contributed by atoms with E-state index in [9.17, 15) is 0 Å². The van der Waals surface area contributed by atoms with Crippen molar-refractivity contribution in [3.63, 3.8) is 0 Å². The Hall–Kier alpha value is -0.535. The lowest BCUT2D eigenvalue weighted by atomic mass is 9.79. The van der Waals surface area contributed by atoms with Crippen LogP contribution in [-0.2, 0) is 9.31 Å². The average molecular weight is 136 g/mol. The molecule has 10 heavy (non-hydrogen) atoms. The Labute approximate surface area is 60.7 Å². The Balaban J connectivity index is 2.03. The van der Waals surface area contributed by atoms with Gasteiger partial charge in [0.25, 0.3) is 0 Å². The van der Waals surface area contributed by atoms with Gasteiger partial charge in [0, 0.05) is 0 Å². The SMILES string of the molecule is C1=CC(B2OCCO2)=CC1. The van der Waals surface area contributed by atoms with Crippen molar-refractivity contribution in [2.75, 3.05) is 13.2 Å². The highest BCUT2D eigenvalue weighted by Gasteiger charge is 2.27. The summed E-state index contributed by atoms with van der Waals surface area (Å²) in [6.07, 6.45) is 7.34. The van der Waals surface area contributed by atoms with Crippen molar-refractivity contribution >= 4 is 7.12 Å². The first-order valence-corrected chi connectivity index (χ1v) is 3.56. The zero-order valence-electron chi connectivity index (χ0n) is 5.75. The largest absolute Gasteiger partial charge is 0.493 e. The smallest absolute Gasteiger partial charge is 0.405 e. The molecular formula is C7H9BO2. The van der Waals surface area contributed by atoms with Gasteiger partial charge in [0.05, 0.1) is 13.2 Å². The molecule has 1 heterocycles. The second-order valence-corrected chi connectivity index (χ2v) is 2.42. The molecule has 0 saturated carbocycles. The van der Waals surface area contributed by atoms with Crippen LogP contribution in [0.4, 0.5) is 0 Å². The molecule has 3 heteroatoms. The Kier molecular flexibility index (Phi) is 1.61. The zero-order chi connectivity index (χ0) is 6.81. The summed E-state index contributed by atoms with van der Waals surface area (Å²) in [7, 11) is -0.0706. The van der Waals surface area contributed by atoms with Gasteiger partial charge in [-0.1, -0.05) is 18.2 Å². The molecule has 1 aliphatic carbocycles. The first-order chi connectivity index (χ1) is 4.97. The molecule has 2 rings (SSSR count). The molecule has 2 nitrogen and oxygen atoms in total. The molecule has 0 aromatic heterocycles. The third-order valence-corrected chi connectivity index (χ3v) is 1.69. The van der Waals surface area contributed by atoms with E-state index < -0.39 is 0 Å². The van der Waals surface area contributed by atoms with E-state index in [4.69, 9.17) is 9.31 Å². The molecule has 0 aromatic rings. The number of rotatable bonds is 1. The maximum Gasteiger partial charge on any atom is 0.493 e. The van der Waals surface area contributed by atoms with Crippen molar-refractivity contribution in [1.29, 1.82) is 0 Å². The van der Waals surface area contributed by atoms with Gasteiger partial charge in [-0.2, -0.15) is 0 Å². The summed E-state index contributed by atoms with van der Waals surface area (Å²) >= 11 is 0. The Morgan fingerprint density at radius 3 is 2.70 bits per heavy atom. The van der Waals surface area contributed by atoms with Crippen LogP contribution in [0.1, 0.15) is 6.42 Å². The Morgan fingerprint density at radius 2 is 2.10 bits per heavy atom. The lowest BCUT2D eigenvalue weighted by Gasteiger charge is -2.00. The molecule has 1 aliphatic heterocycles. The Morgan fingerprint density at radius 1 is 1.30 bits per heavy atom. The molecule has 1 saturated heterocycles. The van der Waals surface area contributed by atoms with E-state index >= 15 is 0 Å². The first kappa shape index (κ1) is 6.19. The van der Waals surface area contributed by atoms with Crippen molar-refractivity contribution in [2.24, 2.45) is 0 Å². The minimum absolute atomic E-state index is 0.0706. The highest BCUT2D eigenvalue weighted by molar-refractivity contribution is 6.55. The predicted octanol–water partition coefficient (Wildman–Crippen LogP) is 0.947. The van der Waals surface area contributed by atoms with E-state index in [1.54, 1.807) is 0 Å². The van der Waals surface area contributed by atoms with Crippen LogP contribution in [-0.4, -0.2) is 20.3 Å². The molecule has 0 radical (unpaired) electrons. The molecule has 0 N–H and O–H groups in total. The normalized spacial score (nSPS) is 24.0. The first-order valence-electron chi connectivity index (χ1n) is 3.56. The fourth-order valence-corrected chi connectivity index (χ4v) is 1.20. The van der Waals surface area contributed by atoms with Gasteiger partial charge in [-0.15, -0.1) is 0 Å². The van der Waals surface area contributed by atoms with Gasteiger partial charge in [0.1, 0.15) is 0 Å². The lowest BCUT2D eigenvalue weighted by molar-refractivity contribution is 0.365. The number of hydrogen-bond acceptors (Lipinski definition) is 2. The fourth-order valence-electron chi connectivity index (χ4n) is 1.20. The van der Waals surface area contributed by atoms with Crippen LogP contribution in [0.5, 0.6) is 0 Å². The van der Waals surface area contributed by atoms with Crippen LogP contribution in [0.25, 0.3) is 0 Å². The quantitative estimate of drug-likeness (QED) is 0.499. The maximum atomic E-state index is 5.30. The van der Waals surface area contributed by atoms with Crippen molar-refractivity contribution in [1.82, 2.24) is 0 Å². The molecule has 0 aromatic carbocycles. The lowest BCUT2D eigenvalue weighted by Crippen LogP contribution is -2.15. The second-order valence-electron chi connectivity index (χ2n) is 2.42. The third kappa shape index (κ3) is 1.02. The summed E-state index contributed by atoms with van der Waals surface area (Å²) in [5.41, 5.74) is 1.18. The second kappa shape index (κ2) is 2.60. The number of hydrogen-bond donors (Lipinski definition) is 0. The van der Waals surface area contributed by atoms with E-state index in [0.717, 1.165) is 19.6 Å². The van der Waals surface area contributed by atoms with Crippen LogP contribution in [0.15, 0.2) is 23.7 Å². The minimum Gasteiger partial charge on any atom is -0.405 e. The Bertz CT molecular complexity index is 180. The molecule has 0 unspecified atom stereocenters. The summed E-state index contributed by atoms with van der Waals surface area (Å²) in [5, 5.41) is 0. The van der Waals surface area contributed by atoms with Gasteiger partial charge >= 0.3 is 7.12 Å². The fraction of sp³-hybridized carbons (Fsp3) is 0.429. The summed E-state index contributed by atoms with van der Waals surface area (Å²) in [6.45, 7) is 1.46. The van der Waals surface area contributed by atoms with Gasteiger partial charge < -0.3 is 9.31 Å². The molecule has 52 valence electrons. The maximum absolute atomic E-state index is 5.30. The van der Waals surface area contributed by atoms with E-state index in [1.165, 1.54) is 5.47 Å². The van der Waals surface area contributed by atoms with E-state index in [1.807, 2.05) is 0 Å². The minimum atomic E-state index is -0.0706. The predicted molar refractivity (Wildman–Crippen MR) is 39.5 cm³/mol. The van der Waals surface area contributed by atoms with Crippen molar-refractivity contribution in [3.05, 3.63) is 23.7 Å². The highest BCUT2D eigenvalue weighted by Crippen LogP contribution is 2.16. The summed E-state index contributed by atoms with van der Waals surface area (Å²) in [6, 6.07) is 0. The molecule has 2 aliphatic rings. The van der Waals surface area contributed by atoms with Crippen LogP contribution < -0.4 is 0 Å². The molecular weight excluding hydrogens is 127 g/mol. The summed E-state index contributed by atoms with van der Waals surface area (Å²) in [4.78, 5) is 0. The van der Waals surface area contributed by atoms with E-state index in [-0.39, 0.29) is 7.12 Å². The standard InChI is InChI=1S/C7H9BO2/c1-2-4-7(3-1)8-9-5-6-10-8/h1,3-4H,2,5-6H2. The molecule has 0 atom stereocenters. The van der Waals surface area contributed by atoms with Crippen LogP contribution in [0.3, 0.4) is 0 Å². The van der Waals surface area contributed by atoms with Crippen LogP contribution >= 0.6 is 0 Å². The van der Waals surface area contributed by atoms with Gasteiger partial charge in [-0.3, -0.25) is 0 Å². The topological polar surface area (TPSA) is 18.5 Å². The van der Waals surface area contributed by atoms with Gasteiger partial charge in [-0.05, 0) is 11.9 Å². The summed E-state index contributed by atoms with van der Waals surface area (Å²) in [5.74, 6) is 0. The summed E-state index contributed by atoms with van der Waals surface area (Å²) < 4.78 is 10.6. The van der Waals surface area contributed by atoms with Gasteiger partial charge in [-0.25, -0.2) is 0 Å². The molecule has 1 fully saturated rings. The van der Waals surface area contributed by atoms with E-state index in [2.05, 4.69) is 18.2 Å². The highest BCUT2D eigenvalue weighted by atomic mass is 16.6. The number of allylic oxidation sites excluding steroid dienone is 4. The van der Waals surface area contributed by atoms with E-state index in [0.29, 0.717) is 0 Å². The monoisotopic (exact) mass is 136 g/mol. The van der Waals surface area contributed by atoms with Crippen molar-refractivity contribution < 1.29 is 9.31 Å². The van der Waals surface area contributed by atoms with Crippen LogP contribution in [0.2, 0.25) is 0 Å². The molecule has 0 amide bonds.